The smallest absolute Gasteiger partial charge is 0.252 e. The molecule has 0 unspecified atom stereocenters. The van der Waals surface area contributed by atoms with Gasteiger partial charge in [-0.1, -0.05) is 47.6 Å². The number of benzene rings is 3. The monoisotopic (exact) mass is 603 g/mol. The van der Waals surface area contributed by atoms with Gasteiger partial charge in [0.1, 0.15) is 5.75 Å². The summed E-state index contributed by atoms with van der Waals surface area (Å²) in [7, 11) is -3.77. The van der Waals surface area contributed by atoms with Crippen LogP contribution in [0.25, 0.3) is 10.4 Å². The maximum absolute atomic E-state index is 14.1. The number of carbonyl (C=O) groups excluding carboxylic acids is 1. The molecule has 0 aromatic heterocycles. The Hall–Kier alpha value is -4.38. The highest BCUT2D eigenvalue weighted by molar-refractivity contribution is 7.91. The summed E-state index contributed by atoms with van der Waals surface area (Å²) in [5.74, 6) is 0.0233. The highest BCUT2D eigenvalue weighted by Crippen LogP contribution is 2.44. The van der Waals surface area contributed by atoms with E-state index >= 15 is 0 Å². The van der Waals surface area contributed by atoms with Crippen LogP contribution >= 0.6 is 0 Å². The van der Waals surface area contributed by atoms with Crippen LogP contribution in [0.3, 0.4) is 0 Å². The molecule has 0 saturated heterocycles. The van der Waals surface area contributed by atoms with Crippen LogP contribution in [0.15, 0.2) is 93.9 Å². The summed E-state index contributed by atoms with van der Waals surface area (Å²) in [4.78, 5) is 22.1. The molecule has 3 aromatic carbocycles. The highest BCUT2D eigenvalue weighted by Gasteiger charge is 2.54. The summed E-state index contributed by atoms with van der Waals surface area (Å²) in [6, 6.07) is 22.3. The molecule has 2 N–H and O–H groups in total. The summed E-state index contributed by atoms with van der Waals surface area (Å²) in [5.41, 5.74) is 9.18. The van der Waals surface area contributed by atoms with Crippen LogP contribution in [0.2, 0.25) is 0 Å². The van der Waals surface area contributed by atoms with Gasteiger partial charge >= 0.3 is 0 Å². The van der Waals surface area contributed by atoms with Gasteiger partial charge in [0.2, 0.25) is 5.90 Å². The van der Waals surface area contributed by atoms with Gasteiger partial charge in [-0.15, -0.1) is 0 Å². The maximum atomic E-state index is 14.1. The average Bonchev–Trinajstić information content (AvgIpc) is 3.76. The normalized spacial score (nSPS) is 19.6. The first-order chi connectivity index (χ1) is 20.9. The predicted molar refractivity (Wildman–Crippen MR) is 160 cm³/mol. The second-order valence-electron chi connectivity index (χ2n) is 10.5. The van der Waals surface area contributed by atoms with Gasteiger partial charge < -0.3 is 19.9 Å². The van der Waals surface area contributed by atoms with Crippen molar-refractivity contribution in [1.82, 2.24) is 5.32 Å². The van der Waals surface area contributed by atoms with E-state index in [-0.39, 0.29) is 42.2 Å². The van der Waals surface area contributed by atoms with Crippen molar-refractivity contribution in [3.63, 3.8) is 0 Å². The molecule has 224 valence electrons. The third-order valence-electron chi connectivity index (χ3n) is 7.44. The minimum atomic E-state index is -3.77. The molecule has 0 radical (unpaired) electrons. The second kappa shape index (κ2) is 13.3. The fourth-order valence-electron chi connectivity index (χ4n) is 4.96. The van der Waals surface area contributed by atoms with Crippen molar-refractivity contribution in [2.45, 2.75) is 54.8 Å². The lowest BCUT2D eigenvalue weighted by Gasteiger charge is -2.31. The number of aliphatic hydroxyl groups is 1. The topological polar surface area (TPSA) is 163 Å². The van der Waals surface area contributed by atoms with E-state index in [1.54, 1.807) is 66.7 Å². The quantitative estimate of drug-likeness (QED) is 0.118. The highest BCUT2D eigenvalue weighted by atomic mass is 32.2. The van der Waals surface area contributed by atoms with E-state index in [2.05, 4.69) is 15.3 Å². The standard InChI is InChI=1S/C31H33N5O6S/c32-36-33-21-23-7-4-5-10-27(23)28-31(30(38)34-24-13-14-24,17-20-43(39,40)26-8-2-1-3-9-26)35-29(42-28)22-11-15-25(16-12-22)41-19-6-18-37/h1-5,7-12,15-16,24,28,37H,6,13-14,17-21H2,(H,34,38)/t28-,31-/m1/s1. The van der Waals surface area contributed by atoms with Crippen LogP contribution < -0.4 is 10.1 Å². The minimum absolute atomic E-state index is 0.0104. The van der Waals surface area contributed by atoms with Crippen molar-refractivity contribution in [2.75, 3.05) is 19.0 Å². The summed E-state index contributed by atoms with van der Waals surface area (Å²) < 4.78 is 39.0. The molecule has 1 saturated carbocycles. The van der Waals surface area contributed by atoms with Crippen molar-refractivity contribution in [2.24, 2.45) is 10.1 Å². The van der Waals surface area contributed by atoms with Crippen molar-refractivity contribution in [1.29, 1.82) is 0 Å². The minimum Gasteiger partial charge on any atom is -0.494 e. The SMILES string of the molecule is [N-]=[N+]=NCc1ccccc1[C@H]1OC(c2ccc(OCCCO)cc2)=N[C@@]1(CCS(=O)(=O)c1ccccc1)C(=O)NC1CC1. The predicted octanol–water partition coefficient (Wildman–Crippen LogP) is 4.66. The Balaban J connectivity index is 1.57. The molecule has 0 bridgehead atoms. The van der Waals surface area contributed by atoms with Gasteiger partial charge in [0.25, 0.3) is 5.91 Å². The molecule has 2 atom stereocenters. The molecule has 3 aromatic rings. The number of hydrogen-bond donors (Lipinski definition) is 2. The maximum Gasteiger partial charge on any atom is 0.252 e. The van der Waals surface area contributed by atoms with Crippen LogP contribution in [0.1, 0.15) is 48.5 Å². The summed E-state index contributed by atoms with van der Waals surface area (Å²) in [6.45, 7) is 0.401. The Bertz CT molecular complexity index is 1620. The van der Waals surface area contributed by atoms with Gasteiger partial charge in [0.15, 0.2) is 21.5 Å². The Labute approximate surface area is 250 Å². The van der Waals surface area contributed by atoms with Gasteiger partial charge in [-0.05, 0) is 65.9 Å². The van der Waals surface area contributed by atoms with E-state index in [0.29, 0.717) is 35.5 Å². The van der Waals surface area contributed by atoms with Gasteiger partial charge in [-0.25, -0.2) is 13.4 Å². The summed E-state index contributed by atoms with van der Waals surface area (Å²) >= 11 is 0. The number of nitrogens with one attached hydrogen (secondary N) is 1. The van der Waals surface area contributed by atoms with E-state index in [0.717, 1.165) is 12.8 Å². The largest absolute Gasteiger partial charge is 0.494 e. The van der Waals surface area contributed by atoms with Crippen LogP contribution in [-0.2, 0) is 25.9 Å². The molecular weight excluding hydrogens is 570 g/mol. The number of rotatable bonds is 14. The van der Waals surface area contributed by atoms with Crippen molar-refractivity contribution in [3.8, 4) is 5.75 Å². The lowest BCUT2D eigenvalue weighted by atomic mass is 9.83. The van der Waals surface area contributed by atoms with Crippen LogP contribution in [0.5, 0.6) is 5.75 Å². The number of hydrogen-bond acceptors (Lipinski definition) is 8. The number of azide groups is 1. The van der Waals surface area contributed by atoms with Crippen molar-refractivity contribution >= 4 is 21.6 Å². The molecule has 43 heavy (non-hydrogen) atoms. The number of sulfone groups is 1. The Morgan fingerprint density at radius 1 is 1.09 bits per heavy atom. The number of carbonyl (C=O) groups is 1. The van der Waals surface area contributed by atoms with Crippen LogP contribution in [0, 0.1) is 0 Å². The van der Waals surface area contributed by atoms with Crippen molar-refractivity contribution < 1.29 is 27.8 Å². The zero-order chi connectivity index (χ0) is 30.3. The zero-order valence-corrected chi connectivity index (χ0v) is 24.3. The number of amides is 1. The average molecular weight is 604 g/mol. The van der Waals surface area contributed by atoms with E-state index in [1.165, 1.54) is 12.1 Å². The van der Waals surface area contributed by atoms with E-state index in [9.17, 15) is 13.2 Å². The molecule has 1 fully saturated rings. The fourth-order valence-corrected chi connectivity index (χ4v) is 6.35. The molecule has 0 spiro atoms. The number of aliphatic imine (C=N–C) groups is 1. The molecule has 12 heteroatoms. The Morgan fingerprint density at radius 2 is 1.81 bits per heavy atom. The van der Waals surface area contributed by atoms with Crippen LogP contribution in [0.4, 0.5) is 0 Å². The molecule has 5 rings (SSSR count). The molecule has 2 aliphatic rings. The van der Waals surface area contributed by atoms with Gasteiger partial charge in [0, 0.05) is 36.0 Å². The number of nitrogens with zero attached hydrogens (tertiary/aromatic N) is 4. The Morgan fingerprint density at radius 3 is 2.51 bits per heavy atom. The Kier molecular flexibility index (Phi) is 9.30. The molecule has 1 aliphatic carbocycles. The van der Waals surface area contributed by atoms with Gasteiger partial charge in [-0.3, -0.25) is 4.79 Å². The zero-order valence-electron chi connectivity index (χ0n) is 23.5. The lowest BCUT2D eigenvalue weighted by Crippen LogP contribution is -2.50. The third-order valence-corrected chi connectivity index (χ3v) is 9.17. The first-order valence-corrected chi connectivity index (χ1v) is 15.8. The number of aliphatic hydroxyl groups excluding tert-OH is 1. The third kappa shape index (κ3) is 6.99. The molecule has 1 amide bonds. The molecule has 1 aliphatic heterocycles. The van der Waals surface area contributed by atoms with E-state index in [4.69, 9.17) is 25.1 Å². The summed E-state index contributed by atoms with van der Waals surface area (Å²) in [5, 5.41) is 15.8. The van der Waals surface area contributed by atoms with Crippen molar-refractivity contribution in [3.05, 3.63) is 106 Å². The van der Waals surface area contributed by atoms with E-state index in [1.807, 2.05) is 0 Å². The second-order valence-corrected chi connectivity index (χ2v) is 12.6. The molecular formula is C31H33N5O6S. The van der Waals surface area contributed by atoms with Gasteiger partial charge in [-0.2, -0.15) is 0 Å². The number of ether oxygens (including phenoxy) is 2. The van der Waals surface area contributed by atoms with Gasteiger partial charge in [0.05, 0.1) is 23.8 Å². The summed E-state index contributed by atoms with van der Waals surface area (Å²) in [6.07, 6.45) is 1.03. The first-order valence-electron chi connectivity index (χ1n) is 14.1. The molecule has 1 heterocycles. The fraction of sp³-hybridized carbons (Fsp3) is 0.355. The molecule has 11 nitrogen and oxygen atoms in total. The van der Waals surface area contributed by atoms with Crippen LogP contribution in [-0.4, -0.2) is 55.9 Å². The lowest BCUT2D eigenvalue weighted by molar-refractivity contribution is -0.129. The first kappa shape index (κ1) is 30.1. The van der Waals surface area contributed by atoms with E-state index < -0.39 is 27.4 Å².